The summed E-state index contributed by atoms with van der Waals surface area (Å²) >= 11 is 0. The number of nitrogens with one attached hydrogen (secondary N) is 2. The fourth-order valence-corrected chi connectivity index (χ4v) is 6.15. The van der Waals surface area contributed by atoms with Crippen LogP contribution < -0.4 is 19.5 Å². The van der Waals surface area contributed by atoms with Crippen LogP contribution in [0.5, 0.6) is 11.5 Å². The fourth-order valence-electron chi connectivity index (χ4n) is 5.24. The van der Waals surface area contributed by atoms with Crippen molar-refractivity contribution >= 4 is 22.0 Å². The van der Waals surface area contributed by atoms with E-state index in [0.29, 0.717) is 24.3 Å². The Morgan fingerprint density at radius 3 is 2.32 bits per heavy atom. The number of sulfonamides is 1. The highest BCUT2D eigenvalue weighted by atomic mass is 32.2. The zero-order valence-electron chi connectivity index (χ0n) is 21.4. The van der Waals surface area contributed by atoms with Crippen LogP contribution in [0.2, 0.25) is 0 Å². The maximum Gasteiger partial charge on any atom is 0.331 e. The van der Waals surface area contributed by atoms with Crippen LogP contribution in [0.15, 0.2) is 47.4 Å². The summed E-state index contributed by atoms with van der Waals surface area (Å²) in [5.41, 5.74) is 0.480. The van der Waals surface area contributed by atoms with Gasteiger partial charge < -0.3 is 19.5 Å². The lowest BCUT2D eigenvalue weighted by molar-refractivity contribution is -0.148. The maximum absolute atomic E-state index is 12.9. The fraction of sp³-hybridized carbons (Fsp3) is 0.481. The number of ether oxygens (including phenoxy) is 3. The average molecular weight is 531 g/mol. The molecule has 0 aliphatic heterocycles. The molecular weight excluding hydrogens is 496 g/mol. The van der Waals surface area contributed by atoms with Gasteiger partial charge in [-0.1, -0.05) is 23.8 Å². The Hall–Kier alpha value is -3.27. The summed E-state index contributed by atoms with van der Waals surface area (Å²) in [5.74, 6) is 0.614. The SMILES string of the molecule is COC(=O)[C@]1(NC(=O)NS(=O)(=O)c2ccc(C)cc2)CC[C@@H](c2ccc(OC)c(OC3CCCC3)c2)C1. The summed E-state index contributed by atoms with van der Waals surface area (Å²) in [7, 11) is -1.26. The van der Waals surface area contributed by atoms with E-state index in [2.05, 4.69) is 5.32 Å². The lowest BCUT2D eigenvalue weighted by Gasteiger charge is -2.28. The molecule has 2 amide bonds. The summed E-state index contributed by atoms with van der Waals surface area (Å²) in [6, 6.07) is 10.9. The van der Waals surface area contributed by atoms with Crippen molar-refractivity contribution in [1.29, 1.82) is 0 Å². The smallest absolute Gasteiger partial charge is 0.331 e. The molecule has 0 heterocycles. The summed E-state index contributed by atoms with van der Waals surface area (Å²) < 4.78 is 44.1. The van der Waals surface area contributed by atoms with Gasteiger partial charge in [-0.3, -0.25) is 0 Å². The van der Waals surface area contributed by atoms with E-state index in [1.54, 1.807) is 19.2 Å². The minimum Gasteiger partial charge on any atom is -0.493 e. The monoisotopic (exact) mass is 530 g/mol. The van der Waals surface area contributed by atoms with Gasteiger partial charge >= 0.3 is 12.0 Å². The molecule has 0 bridgehead atoms. The van der Waals surface area contributed by atoms with E-state index >= 15 is 0 Å². The molecule has 0 aromatic heterocycles. The molecule has 2 aliphatic rings. The average Bonchev–Trinajstić information content (AvgIpc) is 3.54. The van der Waals surface area contributed by atoms with Gasteiger partial charge in [0.05, 0.1) is 25.2 Å². The van der Waals surface area contributed by atoms with Crippen LogP contribution in [0.4, 0.5) is 4.79 Å². The lowest BCUT2D eigenvalue weighted by Crippen LogP contribution is -2.56. The molecule has 2 atom stereocenters. The van der Waals surface area contributed by atoms with Gasteiger partial charge in [-0.25, -0.2) is 22.7 Å². The number of carbonyl (C=O) groups excluding carboxylic acids is 2. The number of hydrogen-bond donors (Lipinski definition) is 2. The third-order valence-corrected chi connectivity index (χ3v) is 8.60. The van der Waals surface area contributed by atoms with E-state index in [9.17, 15) is 18.0 Å². The largest absolute Gasteiger partial charge is 0.493 e. The van der Waals surface area contributed by atoms with Gasteiger partial charge in [0.15, 0.2) is 11.5 Å². The highest BCUT2D eigenvalue weighted by molar-refractivity contribution is 7.90. The van der Waals surface area contributed by atoms with Crippen LogP contribution in [0.25, 0.3) is 0 Å². The molecule has 10 heteroatoms. The highest BCUT2D eigenvalue weighted by Gasteiger charge is 2.48. The molecule has 0 unspecified atom stereocenters. The molecule has 0 radical (unpaired) electrons. The van der Waals surface area contributed by atoms with Gasteiger partial charge in [0.1, 0.15) is 5.54 Å². The van der Waals surface area contributed by atoms with Crippen LogP contribution in [0, 0.1) is 6.92 Å². The Balaban J connectivity index is 1.51. The van der Waals surface area contributed by atoms with Crippen molar-refractivity contribution < 1.29 is 32.2 Å². The first-order valence-electron chi connectivity index (χ1n) is 12.5. The van der Waals surface area contributed by atoms with E-state index in [0.717, 1.165) is 36.8 Å². The first-order valence-corrected chi connectivity index (χ1v) is 14.0. The Kier molecular flexibility index (Phi) is 7.96. The Bertz CT molecular complexity index is 1240. The third-order valence-electron chi connectivity index (χ3n) is 7.26. The van der Waals surface area contributed by atoms with E-state index in [-0.39, 0.29) is 23.3 Å². The Morgan fingerprint density at radius 2 is 1.68 bits per heavy atom. The number of hydrogen-bond acceptors (Lipinski definition) is 7. The normalized spacial score (nSPS) is 21.9. The lowest BCUT2D eigenvalue weighted by atomic mass is 9.92. The zero-order valence-corrected chi connectivity index (χ0v) is 22.2. The molecule has 4 rings (SSSR count). The van der Waals surface area contributed by atoms with Crippen molar-refractivity contribution in [2.45, 2.75) is 74.3 Å². The van der Waals surface area contributed by atoms with Gasteiger partial charge in [-0.2, -0.15) is 0 Å². The predicted molar refractivity (Wildman–Crippen MR) is 137 cm³/mol. The first kappa shape index (κ1) is 26.8. The summed E-state index contributed by atoms with van der Waals surface area (Å²) in [4.78, 5) is 25.6. The molecule has 200 valence electrons. The maximum atomic E-state index is 12.9. The molecule has 2 aromatic rings. The number of rotatable bonds is 8. The third kappa shape index (κ3) is 6.01. The van der Waals surface area contributed by atoms with Gasteiger partial charge in [0.2, 0.25) is 0 Å². The standard InChI is InChI=1S/C27H34N2O7S/c1-18-8-11-22(12-9-18)37(32,33)29-26(31)28-27(25(30)35-3)15-14-20(17-27)19-10-13-23(34-2)24(16-19)36-21-6-4-5-7-21/h8-13,16,20-21H,4-7,14-15,17H2,1-3H3,(H2,28,29,31)/t20-,27+/m1/s1. The summed E-state index contributed by atoms with van der Waals surface area (Å²) in [6.45, 7) is 1.83. The van der Waals surface area contributed by atoms with Crippen LogP contribution in [0.1, 0.15) is 62.0 Å². The summed E-state index contributed by atoms with van der Waals surface area (Å²) in [5, 5.41) is 2.62. The molecule has 2 fully saturated rings. The van der Waals surface area contributed by atoms with Crippen LogP contribution in [-0.2, 0) is 19.6 Å². The first-order chi connectivity index (χ1) is 17.7. The van der Waals surface area contributed by atoms with E-state index < -0.39 is 27.6 Å². The Morgan fingerprint density at radius 1 is 0.973 bits per heavy atom. The predicted octanol–water partition coefficient (Wildman–Crippen LogP) is 4.19. The van der Waals surface area contributed by atoms with Gasteiger partial charge in [0.25, 0.3) is 10.0 Å². The van der Waals surface area contributed by atoms with Crippen molar-refractivity contribution in [3.63, 3.8) is 0 Å². The van der Waals surface area contributed by atoms with Crippen molar-refractivity contribution in [3.8, 4) is 11.5 Å². The number of aryl methyl sites for hydroxylation is 1. The van der Waals surface area contributed by atoms with Gasteiger partial charge in [-0.15, -0.1) is 0 Å². The minimum absolute atomic E-state index is 0.0438. The van der Waals surface area contributed by atoms with E-state index in [1.165, 1.54) is 19.2 Å². The molecule has 2 aromatic carbocycles. The van der Waals surface area contributed by atoms with Crippen LogP contribution in [0.3, 0.4) is 0 Å². The number of methoxy groups -OCH3 is 2. The minimum atomic E-state index is -4.11. The molecule has 0 spiro atoms. The number of urea groups is 1. The number of benzene rings is 2. The van der Waals surface area contributed by atoms with Crippen molar-refractivity contribution in [2.75, 3.05) is 14.2 Å². The number of carbonyl (C=O) groups is 2. The highest BCUT2D eigenvalue weighted by Crippen LogP contribution is 2.44. The Labute approximate surface area is 217 Å². The quantitative estimate of drug-likeness (QED) is 0.491. The van der Waals surface area contributed by atoms with Crippen molar-refractivity contribution in [2.24, 2.45) is 0 Å². The van der Waals surface area contributed by atoms with E-state index in [4.69, 9.17) is 14.2 Å². The van der Waals surface area contributed by atoms with Crippen LogP contribution in [-0.4, -0.2) is 46.3 Å². The number of amides is 2. The van der Waals surface area contributed by atoms with E-state index in [1.807, 2.05) is 29.8 Å². The summed E-state index contributed by atoms with van der Waals surface area (Å²) in [6.07, 6.45) is 5.60. The molecule has 0 saturated heterocycles. The molecular formula is C27H34N2O7S. The molecule has 9 nitrogen and oxygen atoms in total. The molecule has 2 N–H and O–H groups in total. The zero-order chi connectivity index (χ0) is 26.6. The molecule has 2 saturated carbocycles. The van der Waals surface area contributed by atoms with Gasteiger partial charge in [0, 0.05) is 0 Å². The van der Waals surface area contributed by atoms with Crippen molar-refractivity contribution in [3.05, 3.63) is 53.6 Å². The number of esters is 1. The second-order valence-corrected chi connectivity index (χ2v) is 11.5. The van der Waals surface area contributed by atoms with Crippen LogP contribution >= 0.6 is 0 Å². The topological polar surface area (TPSA) is 120 Å². The molecule has 37 heavy (non-hydrogen) atoms. The van der Waals surface area contributed by atoms with Crippen molar-refractivity contribution in [1.82, 2.24) is 10.0 Å². The van der Waals surface area contributed by atoms with Gasteiger partial charge in [-0.05, 0) is 87.6 Å². The second kappa shape index (κ2) is 11.0. The second-order valence-electron chi connectivity index (χ2n) is 9.82. The molecule has 2 aliphatic carbocycles.